The van der Waals surface area contributed by atoms with Crippen LogP contribution in [-0.4, -0.2) is 22.7 Å². The zero-order valence-electron chi connectivity index (χ0n) is 13.5. The van der Waals surface area contributed by atoms with E-state index in [-0.39, 0.29) is 6.04 Å². The van der Waals surface area contributed by atoms with Crippen molar-refractivity contribution >= 4 is 46.0 Å². The Morgan fingerprint density at radius 3 is 2.68 bits per heavy atom. The highest BCUT2D eigenvalue weighted by molar-refractivity contribution is 7.24. The number of Topliss-reactive ketones (excluding diaryl/α,β-unsaturated/α-hetero) is 1. The summed E-state index contributed by atoms with van der Waals surface area (Å²) in [5, 5.41) is 12.9. The minimum absolute atomic E-state index is 0.0718. The maximum atomic E-state index is 12.7. The van der Waals surface area contributed by atoms with Crippen LogP contribution in [0.25, 0.3) is 9.88 Å². The summed E-state index contributed by atoms with van der Waals surface area (Å²) >= 11 is 8.52. The number of carbonyl (C=O) groups is 2. The zero-order valence-corrected chi connectivity index (χ0v) is 15.9. The van der Waals surface area contributed by atoms with Crippen molar-refractivity contribution in [2.24, 2.45) is 5.92 Å². The maximum absolute atomic E-state index is 12.7. The quantitative estimate of drug-likeness (QED) is 0.609. The molecule has 0 aromatic carbocycles. The van der Waals surface area contributed by atoms with Crippen molar-refractivity contribution in [2.75, 3.05) is 0 Å². The molecule has 0 unspecified atom stereocenters. The van der Waals surface area contributed by atoms with Gasteiger partial charge in [0.2, 0.25) is 11.7 Å². The molecule has 1 atom stereocenters. The van der Waals surface area contributed by atoms with Crippen LogP contribution in [0.2, 0.25) is 4.34 Å². The number of halogens is 1. The van der Waals surface area contributed by atoms with Gasteiger partial charge in [0.05, 0.1) is 25.9 Å². The minimum Gasteiger partial charge on any atom is -0.352 e. The minimum atomic E-state index is -1.33. The van der Waals surface area contributed by atoms with E-state index in [2.05, 4.69) is 10.3 Å². The normalized spacial score (nSPS) is 15.7. The van der Waals surface area contributed by atoms with E-state index in [4.69, 9.17) is 11.6 Å². The Labute approximate surface area is 158 Å². The third-order valence-corrected chi connectivity index (χ3v) is 6.73. The molecule has 130 valence electrons. The van der Waals surface area contributed by atoms with Gasteiger partial charge in [-0.1, -0.05) is 24.4 Å². The summed E-state index contributed by atoms with van der Waals surface area (Å²) in [7, 11) is 0. The Balaban J connectivity index is 1.79. The molecule has 25 heavy (non-hydrogen) atoms. The lowest BCUT2D eigenvalue weighted by Gasteiger charge is -2.14. The molecular weight excluding hydrogens is 378 g/mol. The van der Waals surface area contributed by atoms with Gasteiger partial charge in [0, 0.05) is 6.04 Å². The van der Waals surface area contributed by atoms with Gasteiger partial charge in [-0.2, -0.15) is 5.26 Å². The van der Waals surface area contributed by atoms with Crippen molar-refractivity contribution in [1.29, 1.82) is 5.26 Å². The van der Waals surface area contributed by atoms with Crippen molar-refractivity contribution in [3.8, 4) is 16.0 Å². The first kappa shape index (κ1) is 18.1. The third kappa shape index (κ3) is 3.92. The Morgan fingerprint density at radius 1 is 1.36 bits per heavy atom. The number of rotatable bonds is 5. The van der Waals surface area contributed by atoms with E-state index in [0.717, 1.165) is 30.6 Å². The van der Waals surface area contributed by atoms with Gasteiger partial charge in [0.1, 0.15) is 5.01 Å². The van der Waals surface area contributed by atoms with E-state index >= 15 is 0 Å². The van der Waals surface area contributed by atoms with Crippen molar-refractivity contribution in [3.63, 3.8) is 0 Å². The van der Waals surface area contributed by atoms with E-state index in [9.17, 15) is 14.9 Å². The van der Waals surface area contributed by atoms with E-state index in [0.29, 0.717) is 19.9 Å². The lowest BCUT2D eigenvalue weighted by atomic mass is 10.0. The average molecular weight is 394 g/mol. The Hall–Kier alpha value is -1.75. The number of thiophene rings is 1. The van der Waals surface area contributed by atoms with Crippen LogP contribution in [0.3, 0.4) is 0 Å². The van der Waals surface area contributed by atoms with E-state index in [1.165, 1.54) is 22.7 Å². The zero-order chi connectivity index (χ0) is 18.0. The first-order valence-electron chi connectivity index (χ1n) is 7.97. The second-order valence-electron chi connectivity index (χ2n) is 5.95. The van der Waals surface area contributed by atoms with Gasteiger partial charge in [0.25, 0.3) is 0 Å². The molecule has 8 heteroatoms. The van der Waals surface area contributed by atoms with Crippen LogP contribution >= 0.6 is 34.3 Å². The summed E-state index contributed by atoms with van der Waals surface area (Å²) in [4.78, 5) is 30.7. The molecule has 2 aromatic rings. The smallest absolute Gasteiger partial charge is 0.245 e. The second-order valence-corrected chi connectivity index (χ2v) is 8.67. The van der Waals surface area contributed by atoms with Gasteiger partial charge in [-0.05, 0) is 31.9 Å². The number of nitrogens with one attached hydrogen (secondary N) is 1. The summed E-state index contributed by atoms with van der Waals surface area (Å²) in [6, 6.07) is 5.54. The van der Waals surface area contributed by atoms with Crippen LogP contribution in [0.15, 0.2) is 12.1 Å². The maximum Gasteiger partial charge on any atom is 0.245 e. The predicted molar refractivity (Wildman–Crippen MR) is 99.0 cm³/mol. The average Bonchev–Trinajstić information content (AvgIpc) is 3.29. The number of nitriles is 1. The largest absolute Gasteiger partial charge is 0.352 e. The number of thiazole rings is 1. The molecule has 1 aliphatic rings. The SMILES string of the molecule is Cc1nc(-c2ccc(Cl)s2)sc1C(=O)[C@@H](C#N)C(=O)NC1CCCC1. The molecule has 0 saturated heterocycles. The summed E-state index contributed by atoms with van der Waals surface area (Å²) in [6.45, 7) is 1.71. The first-order valence-corrected chi connectivity index (χ1v) is 9.98. The van der Waals surface area contributed by atoms with Crippen LogP contribution in [0.5, 0.6) is 0 Å². The number of hydrogen-bond acceptors (Lipinski definition) is 6. The summed E-state index contributed by atoms with van der Waals surface area (Å²) < 4.78 is 0.640. The topological polar surface area (TPSA) is 82.8 Å². The number of nitrogens with zero attached hydrogens (tertiary/aromatic N) is 2. The van der Waals surface area contributed by atoms with E-state index in [1.807, 2.05) is 12.1 Å². The molecule has 5 nitrogen and oxygen atoms in total. The summed E-state index contributed by atoms with van der Waals surface area (Å²) in [5.41, 5.74) is 0.531. The molecule has 0 aliphatic heterocycles. The fourth-order valence-electron chi connectivity index (χ4n) is 2.88. The molecule has 0 bridgehead atoms. The Kier molecular flexibility index (Phi) is 5.52. The van der Waals surface area contributed by atoms with Gasteiger partial charge in [-0.25, -0.2) is 4.98 Å². The van der Waals surface area contributed by atoms with Crippen molar-refractivity contribution in [2.45, 2.75) is 38.6 Å². The van der Waals surface area contributed by atoms with E-state index in [1.54, 1.807) is 13.0 Å². The number of carbonyl (C=O) groups excluding carboxylic acids is 2. The van der Waals surface area contributed by atoms with Crippen molar-refractivity contribution < 1.29 is 9.59 Å². The van der Waals surface area contributed by atoms with Gasteiger partial charge in [0.15, 0.2) is 5.92 Å². The molecule has 2 heterocycles. The van der Waals surface area contributed by atoms with Crippen molar-refractivity contribution in [3.05, 3.63) is 27.0 Å². The molecule has 0 spiro atoms. The summed E-state index contributed by atoms with van der Waals surface area (Å²) in [5.74, 6) is -2.32. The molecule has 3 rings (SSSR count). The van der Waals surface area contributed by atoms with Crippen LogP contribution in [0, 0.1) is 24.2 Å². The molecule has 1 amide bonds. The number of aryl methyl sites for hydroxylation is 1. The Bertz CT molecular complexity index is 846. The van der Waals surface area contributed by atoms with Gasteiger partial charge < -0.3 is 5.32 Å². The molecule has 0 radical (unpaired) electrons. The number of aromatic nitrogens is 1. The predicted octanol–water partition coefficient (Wildman–Crippen LogP) is 4.21. The van der Waals surface area contributed by atoms with Crippen LogP contribution in [-0.2, 0) is 4.79 Å². The van der Waals surface area contributed by atoms with Gasteiger partial charge in [-0.3, -0.25) is 9.59 Å². The van der Waals surface area contributed by atoms with Gasteiger partial charge in [-0.15, -0.1) is 22.7 Å². The van der Waals surface area contributed by atoms with Crippen LogP contribution in [0.4, 0.5) is 0 Å². The fraction of sp³-hybridized carbons (Fsp3) is 0.412. The molecule has 1 fully saturated rings. The highest BCUT2D eigenvalue weighted by Gasteiger charge is 2.32. The molecule has 1 aliphatic carbocycles. The number of amides is 1. The lowest BCUT2D eigenvalue weighted by Crippen LogP contribution is -2.39. The first-order chi connectivity index (χ1) is 12.0. The van der Waals surface area contributed by atoms with E-state index < -0.39 is 17.6 Å². The molecule has 2 aromatic heterocycles. The summed E-state index contributed by atoms with van der Waals surface area (Å²) in [6.07, 6.45) is 3.94. The number of ketones is 1. The lowest BCUT2D eigenvalue weighted by molar-refractivity contribution is -0.122. The highest BCUT2D eigenvalue weighted by atomic mass is 35.5. The van der Waals surface area contributed by atoms with Crippen LogP contribution < -0.4 is 5.32 Å². The third-order valence-electron chi connectivity index (χ3n) is 4.16. The molecule has 1 N–H and O–H groups in total. The van der Waals surface area contributed by atoms with Crippen LogP contribution in [0.1, 0.15) is 41.0 Å². The second kappa shape index (κ2) is 7.65. The molecular formula is C17H16ClN3O2S2. The number of hydrogen-bond donors (Lipinski definition) is 1. The standard InChI is InChI=1S/C17H16ClN3O2S2/c1-9-15(25-17(20-9)12-6-7-13(18)24-12)14(22)11(8-19)16(23)21-10-4-2-3-5-10/h6-7,10-11H,2-5H2,1H3,(H,21,23)/t11-/m1/s1. The van der Waals surface area contributed by atoms with Gasteiger partial charge >= 0.3 is 0 Å². The molecule has 1 saturated carbocycles. The van der Waals surface area contributed by atoms with Crippen molar-refractivity contribution in [1.82, 2.24) is 10.3 Å². The Morgan fingerprint density at radius 2 is 2.08 bits per heavy atom. The monoisotopic (exact) mass is 393 g/mol. The highest BCUT2D eigenvalue weighted by Crippen LogP contribution is 2.35. The fourth-order valence-corrected chi connectivity index (χ4v) is 5.02.